The summed E-state index contributed by atoms with van der Waals surface area (Å²) in [5.41, 5.74) is -0.0883. The molecule has 2 aliphatic heterocycles. The van der Waals surface area contributed by atoms with Crippen LogP contribution in [0.4, 0.5) is 10.5 Å². The van der Waals surface area contributed by atoms with Gasteiger partial charge in [0.15, 0.2) is 0 Å². The number of carbonyl (C=O) groups excluding carboxylic acids is 3. The third kappa shape index (κ3) is 8.94. The molecular formula is C33H38N4O9. The summed E-state index contributed by atoms with van der Waals surface area (Å²) in [6.07, 6.45) is -1.25. The van der Waals surface area contributed by atoms with Gasteiger partial charge in [-0.25, -0.2) is 4.79 Å². The zero-order valence-electron chi connectivity index (χ0n) is 26.2. The number of benzene rings is 3. The molecule has 0 saturated heterocycles. The van der Waals surface area contributed by atoms with Crippen molar-refractivity contribution in [3.8, 4) is 17.2 Å². The number of hydrogen-bond donors (Lipinski definition) is 4. The number of hydrogen-bond acceptors (Lipinski definition) is 9. The van der Waals surface area contributed by atoms with Crippen LogP contribution in [0.3, 0.4) is 0 Å². The summed E-state index contributed by atoms with van der Waals surface area (Å²) in [4.78, 5) is 52.1. The predicted octanol–water partition coefficient (Wildman–Crippen LogP) is 4.63. The molecule has 0 saturated carbocycles. The quantitative estimate of drug-likeness (QED) is 0.222. The number of carbonyl (C=O) groups is 3. The van der Waals surface area contributed by atoms with Gasteiger partial charge in [-0.1, -0.05) is 30.3 Å². The summed E-state index contributed by atoms with van der Waals surface area (Å²) in [6.45, 7) is 8.17. The van der Waals surface area contributed by atoms with Crippen LogP contribution in [0.2, 0.25) is 0 Å². The average molecular weight is 635 g/mol. The van der Waals surface area contributed by atoms with Crippen molar-refractivity contribution in [2.45, 2.75) is 70.9 Å². The monoisotopic (exact) mass is 634 g/mol. The van der Waals surface area contributed by atoms with Crippen molar-refractivity contribution in [2.24, 2.45) is 0 Å². The number of nitrogens with zero attached hydrogens (tertiary/aromatic N) is 1. The molecule has 0 aliphatic carbocycles. The standard InChI is InChI=1S/C33H38N4O9/c1-19(2)44-23-10-7-9-22(17-23)29-31(40)34-26(18-38)21-8-6-11-24(16-21)45-28-13-12-20(15-27(28)37(42)43)14-25(30(39)36-29)35-32(41)46-33(3,4)5/h6-13,15-17,19,25-26,29,38H,14,18H2,1-5H3,(H,34,40)(H,35,41)(H,36,39)/t25-,26-,29+/m0/s1. The molecule has 2 aliphatic rings. The van der Waals surface area contributed by atoms with E-state index >= 15 is 0 Å². The van der Waals surface area contributed by atoms with E-state index in [1.165, 1.54) is 12.1 Å². The van der Waals surface area contributed by atoms with Crippen molar-refractivity contribution < 1.29 is 38.6 Å². The molecule has 13 nitrogen and oxygen atoms in total. The average Bonchev–Trinajstić information content (AvgIpc) is 2.97. The molecule has 0 aromatic heterocycles. The summed E-state index contributed by atoms with van der Waals surface area (Å²) >= 11 is 0. The molecule has 0 spiro atoms. The molecule has 3 aromatic carbocycles. The maximum atomic E-state index is 13.9. The number of amides is 3. The van der Waals surface area contributed by atoms with Crippen LogP contribution in [0.15, 0.2) is 66.7 Å². The molecule has 0 unspecified atom stereocenters. The molecule has 46 heavy (non-hydrogen) atoms. The Labute approximate surface area is 266 Å². The van der Waals surface area contributed by atoms with Crippen LogP contribution >= 0.6 is 0 Å². The Morgan fingerprint density at radius 2 is 1.76 bits per heavy atom. The molecule has 4 bridgehead atoms. The number of rotatable bonds is 6. The van der Waals surface area contributed by atoms with Gasteiger partial charge in [0.25, 0.3) is 0 Å². The van der Waals surface area contributed by atoms with Crippen molar-refractivity contribution in [3.05, 3.63) is 93.5 Å². The number of aliphatic hydroxyl groups excluding tert-OH is 1. The number of ether oxygens (including phenoxy) is 3. The topological polar surface area (TPSA) is 178 Å². The highest BCUT2D eigenvalue weighted by Crippen LogP contribution is 2.34. The Bertz CT molecular complexity index is 1600. The van der Waals surface area contributed by atoms with E-state index in [-0.39, 0.29) is 29.7 Å². The zero-order chi connectivity index (χ0) is 33.6. The van der Waals surface area contributed by atoms with Gasteiger partial charge in [0.1, 0.15) is 29.2 Å². The van der Waals surface area contributed by atoms with Crippen LogP contribution < -0.4 is 25.4 Å². The van der Waals surface area contributed by atoms with Crippen molar-refractivity contribution in [3.63, 3.8) is 0 Å². The number of fused-ring (bicyclic) bond motifs is 9. The minimum atomic E-state index is -1.32. The van der Waals surface area contributed by atoms with Gasteiger partial charge >= 0.3 is 11.8 Å². The minimum absolute atomic E-state index is 0.0627. The van der Waals surface area contributed by atoms with Gasteiger partial charge in [0, 0.05) is 12.5 Å². The first-order valence-electron chi connectivity index (χ1n) is 14.7. The lowest BCUT2D eigenvalue weighted by Crippen LogP contribution is -2.52. The molecule has 3 atom stereocenters. The second kappa shape index (κ2) is 14.3. The molecule has 13 heteroatoms. The second-order valence-corrected chi connectivity index (χ2v) is 12.1. The van der Waals surface area contributed by atoms with Crippen LogP contribution in [0.25, 0.3) is 0 Å². The van der Waals surface area contributed by atoms with Crippen LogP contribution in [-0.4, -0.2) is 52.3 Å². The second-order valence-electron chi connectivity index (χ2n) is 12.1. The maximum absolute atomic E-state index is 13.9. The summed E-state index contributed by atoms with van der Waals surface area (Å²) in [7, 11) is 0. The lowest BCUT2D eigenvalue weighted by Gasteiger charge is -2.27. The van der Waals surface area contributed by atoms with Crippen LogP contribution in [0.1, 0.15) is 63.4 Å². The first-order valence-corrected chi connectivity index (χ1v) is 14.7. The van der Waals surface area contributed by atoms with Crippen molar-refractivity contribution in [1.82, 2.24) is 16.0 Å². The smallest absolute Gasteiger partial charge is 0.408 e. The van der Waals surface area contributed by atoms with E-state index in [2.05, 4.69) is 16.0 Å². The summed E-state index contributed by atoms with van der Waals surface area (Å²) in [5.74, 6) is -0.782. The molecule has 0 fully saturated rings. The van der Waals surface area contributed by atoms with E-state index in [0.29, 0.717) is 22.4 Å². The minimum Gasteiger partial charge on any atom is -0.491 e. The maximum Gasteiger partial charge on any atom is 0.408 e. The van der Waals surface area contributed by atoms with Gasteiger partial charge in [-0.3, -0.25) is 19.7 Å². The third-order valence-electron chi connectivity index (χ3n) is 6.77. The fourth-order valence-corrected chi connectivity index (χ4v) is 4.81. The Balaban J connectivity index is 1.83. The predicted molar refractivity (Wildman–Crippen MR) is 168 cm³/mol. The number of alkyl carbamates (subject to hydrolysis) is 1. The number of nitro benzene ring substituents is 1. The molecular weight excluding hydrogens is 596 g/mol. The third-order valence-corrected chi connectivity index (χ3v) is 6.77. The Hall–Kier alpha value is -5.17. The number of aliphatic hydroxyl groups is 1. The van der Waals surface area contributed by atoms with Crippen LogP contribution in [-0.2, 0) is 20.7 Å². The first-order chi connectivity index (χ1) is 21.7. The van der Waals surface area contributed by atoms with Crippen molar-refractivity contribution >= 4 is 23.6 Å². The summed E-state index contributed by atoms with van der Waals surface area (Å²) < 4.78 is 17.1. The van der Waals surface area contributed by atoms with E-state index in [0.717, 1.165) is 0 Å². The van der Waals surface area contributed by atoms with Gasteiger partial charge in [-0.05, 0) is 81.6 Å². The van der Waals surface area contributed by atoms with Crippen LogP contribution in [0.5, 0.6) is 17.2 Å². The molecule has 0 radical (unpaired) electrons. The van der Waals surface area contributed by atoms with Gasteiger partial charge < -0.3 is 35.3 Å². The van der Waals surface area contributed by atoms with E-state index in [9.17, 15) is 29.6 Å². The first kappa shape index (κ1) is 33.7. The molecule has 244 valence electrons. The number of nitro groups is 1. The zero-order valence-corrected chi connectivity index (χ0v) is 26.2. The van der Waals surface area contributed by atoms with Gasteiger partial charge in [-0.2, -0.15) is 0 Å². The fraction of sp³-hybridized carbons (Fsp3) is 0.364. The Kier molecular flexibility index (Phi) is 10.5. The van der Waals surface area contributed by atoms with Crippen molar-refractivity contribution in [2.75, 3.05) is 6.61 Å². The summed E-state index contributed by atoms with van der Waals surface area (Å²) in [5, 5.41) is 30.4. The van der Waals surface area contributed by atoms with Gasteiger partial charge in [0.2, 0.25) is 17.6 Å². The van der Waals surface area contributed by atoms with E-state index < -0.39 is 53.2 Å². The van der Waals surface area contributed by atoms with Gasteiger partial charge in [0.05, 0.1) is 23.7 Å². The lowest BCUT2D eigenvalue weighted by atomic mass is 10.0. The summed E-state index contributed by atoms with van der Waals surface area (Å²) in [6, 6.07) is 13.7. The molecule has 2 heterocycles. The van der Waals surface area contributed by atoms with E-state index in [1.807, 2.05) is 13.8 Å². The normalized spacial score (nSPS) is 18.6. The van der Waals surface area contributed by atoms with E-state index in [4.69, 9.17) is 14.2 Å². The highest BCUT2D eigenvalue weighted by molar-refractivity contribution is 5.92. The fourth-order valence-electron chi connectivity index (χ4n) is 4.81. The Morgan fingerprint density at radius 1 is 1.04 bits per heavy atom. The highest BCUT2D eigenvalue weighted by atomic mass is 16.6. The lowest BCUT2D eigenvalue weighted by molar-refractivity contribution is -0.385. The van der Waals surface area contributed by atoms with Gasteiger partial charge in [-0.15, -0.1) is 0 Å². The SMILES string of the molecule is CC(C)Oc1cccc([C@H]2NC(=O)[C@@H](NC(=O)OC(C)(C)C)Cc3ccc(c([N+](=O)[O-])c3)Oc3cccc(c3)[C@H](CO)NC2=O)c1. The highest BCUT2D eigenvalue weighted by Gasteiger charge is 2.32. The molecule has 3 amide bonds. The number of nitrogens with one attached hydrogen (secondary N) is 3. The molecule has 3 aromatic rings. The van der Waals surface area contributed by atoms with Crippen LogP contribution in [0, 0.1) is 10.1 Å². The Morgan fingerprint density at radius 3 is 2.43 bits per heavy atom. The largest absolute Gasteiger partial charge is 0.491 e. The molecule has 4 N–H and O–H groups in total. The molecule has 5 rings (SSSR count). The van der Waals surface area contributed by atoms with Crippen molar-refractivity contribution in [1.29, 1.82) is 0 Å². The van der Waals surface area contributed by atoms with E-state index in [1.54, 1.807) is 75.4 Å².